The van der Waals surface area contributed by atoms with Gasteiger partial charge in [-0.1, -0.05) is 23.9 Å². The van der Waals surface area contributed by atoms with Gasteiger partial charge in [0.05, 0.1) is 11.4 Å². The Balaban J connectivity index is 1.65. The zero-order valence-electron chi connectivity index (χ0n) is 15.8. The van der Waals surface area contributed by atoms with E-state index >= 15 is 0 Å². The van der Waals surface area contributed by atoms with Crippen molar-refractivity contribution >= 4 is 35.0 Å². The van der Waals surface area contributed by atoms with Crippen LogP contribution in [0.2, 0.25) is 0 Å². The van der Waals surface area contributed by atoms with Crippen LogP contribution in [-0.4, -0.2) is 37.8 Å². The summed E-state index contributed by atoms with van der Waals surface area (Å²) >= 11 is 1.25. The fourth-order valence-electron chi connectivity index (χ4n) is 2.52. The largest absolute Gasteiger partial charge is 0.326 e. The number of hydrogen-bond acceptors (Lipinski definition) is 6. The maximum Gasteiger partial charge on any atom is 0.234 e. The van der Waals surface area contributed by atoms with Gasteiger partial charge in [0.1, 0.15) is 0 Å². The summed E-state index contributed by atoms with van der Waals surface area (Å²) in [6.45, 7) is 5.43. The smallest absolute Gasteiger partial charge is 0.234 e. The molecular formula is C19H20N6O2S. The van der Waals surface area contributed by atoms with E-state index in [4.69, 9.17) is 0 Å². The summed E-state index contributed by atoms with van der Waals surface area (Å²) in [4.78, 5) is 23.4. The standard InChI is InChI=1S/C19H20N6O2S/c1-12-5-4-6-17(13(12)2)21-18(27)11-28-19-22-23-24-25(19)16-9-7-15(8-10-16)20-14(3)26/h4-10H,11H2,1-3H3,(H,20,26)(H,21,27). The molecule has 0 unspecified atom stereocenters. The molecule has 0 radical (unpaired) electrons. The van der Waals surface area contributed by atoms with Crippen molar-refractivity contribution in [2.75, 3.05) is 16.4 Å². The topological polar surface area (TPSA) is 102 Å². The third-order valence-electron chi connectivity index (χ3n) is 4.08. The van der Waals surface area contributed by atoms with Crippen LogP contribution in [0.4, 0.5) is 11.4 Å². The molecule has 0 spiro atoms. The third-order valence-corrected chi connectivity index (χ3v) is 5.00. The SMILES string of the molecule is CC(=O)Nc1ccc(-n2nnnc2SCC(=O)Nc2cccc(C)c2C)cc1. The minimum Gasteiger partial charge on any atom is -0.326 e. The van der Waals surface area contributed by atoms with Crippen molar-refractivity contribution in [3.8, 4) is 5.69 Å². The maximum atomic E-state index is 12.3. The normalized spacial score (nSPS) is 10.5. The Kier molecular flexibility index (Phi) is 6.05. The number of aromatic nitrogens is 4. The molecule has 0 aliphatic rings. The van der Waals surface area contributed by atoms with E-state index in [0.29, 0.717) is 10.8 Å². The Bertz CT molecular complexity index is 1000. The molecule has 0 bridgehead atoms. The molecule has 3 rings (SSSR count). The Morgan fingerprint density at radius 1 is 1.07 bits per heavy atom. The minimum atomic E-state index is -0.138. The van der Waals surface area contributed by atoms with Crippen molar-refractivity contribution in [1.29, 1.82) is 0 Å². The predicted molar refractivity (Wildman–Crippen MR) is 109 cm³/mol. The summed E-state index contributed by atoms with van der Waals surface area (Å²) in [7, 11) is 0. The number of anilines is 2. The Labute approximate surface area is 166 Å². The number of amides is 2. The van der Waals surface area contributed by atoms with Crippen LogP contribution in [0.3, 0.4) is 0 Å². The van der Waals surface area contributed by atoms with Gasteiger partial charge in [0.2, 0.25) is 17.0 Å². The minimum absolute atomic E-state index is 0.130. The second kappa shape index (κ2) is 8.66. The van der Waals surface area contributed by atoms with E-state index < -0.39 is 0 Å². The highest BCUT2D eigenvalue weighted by Gasteiger charge is 2.13. The first kappa shape index (κ1) is 19.6. The Hall–Kier alpha value is -3.20. The molecule has 0 aliphatic heterocycles. The van der Waals surface area contributed by atoms with E-state index in [1.54, 1.807) is 28.9 Å². The molecule has 0 aliphatic carbocycles. The number of tetrazole rings is 1. The summed E-state index contributed by atoms with van der Waals surface area (Å²) in [5.41, 5.74) is 4.39. The van der Waals surface area contributed by atoms with Gasteiger partial charge in [0, 0.05) is 18.3 Å². The second-order valence-electron chi connectivity index (χ2n) is 6.19. The van der Waals surface area contributed by atoms with Crippen LogP contribution >= 0.6 is 11.8 Å². The highest BCUT2D eigenvalue weighted by atomic mass is 32.2. The molecule has 1 heterocycles. The highest BCUT2D eigenvalue weighted by molar-refractivity contribution is 7.99. The molecule has 0 atom stereocenters. The molecule has 2 N–H and O–H groups in total. The predicted octanol–water partition coefficient (Wildman–Crippen LogP) is 2.97. The molecule has 1 aromatic heterocycles. The van der Waals surface area contributed by atoms with Gasteiger partial charge in [-0.2, -0.15) is 4.68 Å². The second-order valence-corrected chi connectivity index (χ2v) is 7.13. The van der Waals surface area contributed by atoms with Gasteiger partial charge in [-0.25, -0.2) is 0 Å². The first-order chi connectivity index (χ1) is 13.4. The van der Waals surface area contributed by atoms with Gasteiger partial charge < -0.3 is 10.6 Å². The van der Waals surface area contributed by atoms with E-state index in [9.17, 15) is 9.59 Å². The monoisotopic (exact) mass is 396 g/mol. The summed E-state index contributed by atoms with van der Waals surface area (Å²) < 4.78 is 1.55. The zero-order chi connectivity index (χ0) is 20.1. The van der Waals surface area contributed by atoms with Crippen molar-refractivity contribution in [2.24, 2.45) is 0 Å². The van der Waals surface area contributed by atoms with Crippen LogP contribution in [-0.2, 0) is 9.59 Å². The number of carbonyl (C=O) groups is 2. The molecular weight excluding hydrogens is 376 g/mol. The van der Waals surface area contributed by atoms with Gasteiger partial charge in [-0.3, -0.25) is 9.59 Å². The number of nitrogens with one attached hydrogen (secondary N) is 2. The lowest BCUT2D eigenvalue weighted by Crippen LogP contribution is -2.15. The van der Waals surface area contributed by atoms with Crippen LogP contribution in [0.1, 0.15) is 18.1 Å². The average Bonchev–Trinajstić information content (AvgIpc) is 3.12. The lowest BCUT2D eigenvalue weighted by Gasteiger charge is -2.10. The van der Waals surface area contributed by atoms with Gasteiger partial charge in [0.15, 0.2) is 0 Å². The van der Waals surface area contributed by atoms with Gasteiger partial charge in [0.25, 0.3) is 0 Å². The summed E-state index contributed by atoms with van der Waals surface area (Å²) in [6, 6.07) is 12.9. The molecule has 144 valence electrons. The number of thioether (sulfide) groups is 1. The third kappa shape index (κ3) is 4.74. The lowest BCUT2D eigenvalue weighted by molar-refractivity contribution is -0.114. The zero-order valence-corrected chi connectivity index (χ0v) is 16.6. The van der Waals surface area contributed by atoms with Gasteiger partial charge >= 0.3 is 0 Å². The highest BCUT2D eigenvalue weighted by Crippen LogP contribution is 2.21. The molecule has 0 fully saturated rings. The molecule has 2 aromatic carbocycles. The van der Waals surface area contributed by atoms with Gasteiger partial charge in [-0.05, 0) is 65.7 Å². The van der Waals surface area contributed by atoms with E-state index in [1.165, 1.54) is 18.7 Å². The maximum absolute atomic E-state index is 12.3. The van der Waals surface area contributed by atoms with Crippen LogP contribution in [0.5, 0.6) is 0 Å². The molecule has 3 aromatic rings. The Morgan fingerprint density at radius 3 is 2.54 bits per heavy atom. The molecule has 2 amide bonds. The van der Waals surface area contributed by atoms with Crippen LogP contribution < -0.4 is 10.6 Å². The first-order valence-corrected chi connectivity index (χ1v) is 9.58. The number of hydrogen-bond donors (Lipinski definition) is 2. The van der Waals surface area contributed by atoms with Crippen molar-refractivity contribution in [3.05, 3.63) is 53.6 Å². The number of aryl methyl sites for hydroxylation is 1. The number of rotatable bonds is 6. The van der Waals surface area contributed by atoms with Gasteiger partial charge in [-0.15, -0.1) is 5.10 Å². The van der Waals surface area contributed by atoms with Crippen LogP contribution in [0, 0.1) is 13.8 Å². The molecule has 8 nitrogen and oxygen atoms in total. The number of nitrogens with zero attached hydrogens (tertiary/aromatic N) is 4. The molecule has 9 heteroatoms. The number of benzene rings is 2. The van der Waals surface area contributed by atoms with E-state index in [-0.39, 0.29) is 17.6 Å². The van der Waals surface area contributed by atoms with E-state index in [2.05, 4.69) is 26.2 Å². The summed E-state index contributed by atoms with van der Waals surface area (Å²) in [6.07, 6.45) is 0. The van der Waals surface area contributed by atoms with Crippen molar-refractivity contribution < 1.29 is 9.59 Å². The lowest BCUT2D eigenvalue weighted by atomic mass is 10.1. The summed E-state index contributed by atoms with van der Waals surface area (Å²) in [5.74, 6) is -0.0897. The quantitative estimate of drug-likeness (QED) is 0.621. The molecule has 0 saturated heterocycles. The fraction of sp³-hybridized carbons (Fsp3) is 0.211. The number of carbonyl (C=O) groups excluding carboxylic acids is 2. The van der Waals surface area contributed by atoms with Crippen molar-refractivity contribution in [2.45, 2.75) is 25.9 Å². The van der Waals surface area contributed by atoms with Crippen LogP contribution in [0.25, 0.3) is 5.69 Å². The first-order valence-electron chi connectivity index (χ1n) is 8.59. The van der Waals surface area contributed by atoms with E-state index in [0.717, 1.165) is 22.5 Å². The molecule has 28 heavy (non-hydrogen) atoms. The van der Waals surface area contributed by atoms with E-state index in [1.807, 2.05) is 32.0 Å². The summed E-state index contributed by atoms with van der Waals surface area (Å²) in [5, 5.41) is 17.8. The van der Waals surface area contributed by atoms with Crippen LogP contribution in [0.15, 0.2) is 47.6 Å². The van der Waals surface area contributed by atoms with Crippen molar-refractivity contribution in [3.63, 3.8) is 0 Å². The Morgan fingerprint density at radius 2 is 1.82 bits per heavy atom. The fourth-order valence-corrected chi connectivity index (χ4v) is 3.21. The molecule has 0 saturated carbocycles. The average molecular weight is 396 g/mol. The van der Waals surface area contributed by atoms with Crippen molar-refractivity contribution in [1.82, 2.24) is 20.2 Å².